The minimum absolute atomic E-state index is 0.243. The molecule has 2 aromatic carbocycles. The lowest BCUT2D eigenvalue weighted by atomic mass is 10.0. The molecule has 1 atom stereocenters. The highest BCUT2D eigenvalue weighted by atomic mass is 16.5. The van der Waals surface area contributed by atoms with Crippen LogP contribution in [0.4, 0.5) is 0 Å². The molecule has 0 radical (unpaired) electrons. The van der Waals surface area contributed by atoms with Crippen molar-refractivity contribution in [2.75, 3.05) is 13.7 Å². The summed E-state index contributed by atoms with van der Waals surface area (Å²) in [6.45, 7) is 3.17. The number of nitrogens with one attached hydrogen (secondary N) is 2. The summed E-state index contributed by atoms with van der Waals surface area (Å²) in [6.07, 6.45) is 2.04. The third kappa shape index (κ3) is 4.86. The van der Waals surface area contributed by atoms with Crippen LogP contribution in [0.1, 0.15) is 27.0 Å². The van der Waals surface area contributed by atoms with Crippen molar-refractivity contribution in [3.05, 3.63) is 70.9 Å². The molecule has 2 N–H and O–H groups in total. The van der Waals surface area contributed by atoms with Crippen molar-refractivity contribution >= 4 is 28.7 Å². The van der Waals surface area contributed by atoms with Crippen LogP contribution in [-0.4, -0.2) is 42.6 Å². The van der Waals surface area contributed by atoms with Gasteiger partial charge in [-0.05, 0) is 37.1 Å². The maximum Gasteiger partial charge on any atom is 0.338 e. The summed E-state index contributed by atoms with van der Waals surface area (Å²) >= 11 is 0. The van der Waals surface area contributed by atoms with Crippen molar-refractivity contribution in [3.63, 3.8) is 0 Å². The molecule has 1 heterocycles. The first kappa shape index (κ1) is 21.1. The van der Waals surface area contributed by atoms with Crippen molar-refractivity contribution in [2.45, 2.75) is 26.3 Å². The van der Waals surface area contributed by atoms with Gasteiger partial charge in [-0.1, -0.05) is 35.9 Å². The first-order valence-corrected chi connectivity index (χ1v) is 9.55. The number of methoxy groups -OCH3 is 1. The summed E-state index contributed by atoms with van der Waals surface area (Å²) in [5.41, 5.74) is 3.89. The average molecular weight is 408 g/mol. The molecular weight excluding hydrogens is 384 g/mol. The quantitative estimate of drug-likeness (QED) is 0.586. The van der Waals surface area contributed by atoms with E-state index in [1.807, 2.05) is 43.3 Å². The Morgan fingerprint density at radius 3 is 2.63 bits per heavy atom. The van der Waals surface area contributed by atoms with E-state index in [-0.39, 0.29) is 6.42 Å². The van der Waals surface area contributed by atoms with Crippen molar-refractivity contribution in [2.24, 2.45) is 0 Å². The van der Waals surface area contributed by atoms with E-state index in [0.29, 0.717) is 5.56 Å². The van der Waals surface area contributed by atoms with Gasteiger partial charge in [-0.3, -0.25) is 4.79 Å². The van der Waals surface area contributed by atoms with E-state index >= 15 is 0 Å². The number of aromatic nitrogens is 1. The molecule has 0 aliphatic heterocycles. The largest absolute Gasteiger partial charge is 0.467 e. The lowest BCUT2D eigenvalue weighted by Gasteiger charge is -2.16. The van der Waals surface area contributed by atoms with Crippen LogP contribution in [0, 0.1) is 13.8 Å². The van der Waals surface area contributed by atoms with E-state index in [9.17, 15) is 14.4 Å². The Kier molecular flexibility index (Phi) is 6.51. The summed E-state index contributed by atoms with van der Waals surface area (Å²) in [5.74, 6) is -1.74. The molecule has 7 heteroatoms. The summed E-state index contributed by atoms with van der Waals surface area (Å²) in [6, 6.07) is 12.2. The first-order chi connectivity index (χ1) is 14.4. The number of benzene rings is 2. The van der Waals surface area contributed by atoms with Crippen molar-refractivity contribution in [1.29, 1.82) is 0 Å². The highest BCUT2D eigenvalue weighted by molar-refractivity contribution is 5.93. The monoisotopic (exact) mass is 408 g/mol. The normalized spacial score (nSPS) is 11.7. The van der Waals surface area contributed by atoms with Crippen LogP contribution in [0.15, 0.2) is 48.7 Å². The second-order valence-electron chi connectivity index (χ2n) is 7.10. The Morgan fingerprint density at radius 2 is 1.87 bits per heavy atom. The van der Waals surface area contributed by atoms with Gasteiger partial charge in [0.25, 0.3) is 5.91 Å². The lowest BCUT2D eigenvalue weighted by molar-refractivity contribution is -0.145. The van der Waals surface area contributed by atoms with Gasteiger partial charge in [0.05, 0.1) is 12.7 Å². The van der Waals surface area contributed by atoms with Crippen LogP contribution in [0.5, 0.6) is 0 Å². The predicted octanol–water partition coefficient (Wildman–Crippen LogP) is 2.84. The highest BCUT2D eigenvalue weighted by Gasteiger charge is 2.24. The number of aromatic amines is 1. The van der Waals surface area contributed by atoms with Crippen LogP contribution in [0.3, 0.4) is 0 Å². The Hall–Kier alpha value is -3.61. The van der Waals surface area contributed by atoms with Gasteiger partial charge in [0, 0.05) is 23.5 Å². The van der Waals surface area contributed by atoms with Gasteiger partial charge in [-0.2, -0.15) is 0 Å². The molecule has 0 saturated heterocycles. The van der Waals surface area contributed by atoms with Gasteiger partial charge in [-0.25, -0.2) is 9.59 Å². The van der Waals surface area contributed by atoms with E-state index in [1.54, 1.807) is 19.2 Å². The Balaban J connectivity index is 1.65. The fourth-order valence-electron chi connectivity index (χ4n) is 3.26. The molecule has 0 saturated carbocycles. The zero-order chi connectivity index (χ0) is 21.7. The zero-order valence-corrected chi connectivity index (χ0v) is 17.2. The number of amides is 1. The van der Waals surface area contributed by atoms with Gasteiger partial charge in [0.2, 0.25) is 0 Å². The predicted molar refractivity (Wildman–Crippen MR) is 112 cm³/mol. The number of esters is 2. The molecule has 0 unspecified atom stereocenters. The summed E-state index contributed by atoms with van der Waals surface area (Å²) in [4.78, 5) is 40.0. The number of H-pyrrole nitrogens is 1. The summed E-state index contributed by atoms with van der Waals surface area (Å²) < 4.78 is 9.96. The minimum atomic E-state index is -0.902. The van der Waals surface area contributed by atoms with Crippen LogP contribution < -0.4 is 5.32 Å². The molecular formula is C23H24N2O5. The van der Waals surface area contributed by atoms with E-state index < -0.39 is 30.5 Å². The van der Waals surface area contributed by atoms with Crippen molar-refractivity contribution < 1.29 is 23.9 Å². The van der Waals surface area contributed by atoms with E-state index in [4.69, 9.17) is 9.47 Å². The Labute approximate surface area is 174 Å². The van der Waals surface area contributed by atoms with Gasteiger partial charge in [0.1, 0.15) is 6.04 Å². The fourth-order valence-corrected chi connectivity index (χ4v) is 3.26. The number of carbonyl (C=O) groups is 3. The molecule has 1 amide bonds. The molecule has 0 bridgehead atoms. The number of rotatable bonds is 7. The number of hydrogen-bond donors (Lipinski definition) is 2. The third-order valence-electron chi connectivity index (χ3n) is 4.87. The number of hydrogen-bond acceptors (Lipinski definition) is 5. The van der Waals surface area contributed by atoms with Gasteiger partial charge >= 0.3 is 11.9 Å². The molecule has 0 aliphatic rings. The number of fused-ring (bicyclic) bond motifs is 1. The van der Waals surface area contributed by atoms with E-state index in [1.165, 1.54) is 7.11 Å². The van der Waals surface area contributed by atoms with Gasteiger partial charge in [-0.15, -0.1) is 0 Å². The molecule has 0 aliphatic carbocycles. The smallest absolute Gasteiger partial charge is 0.338 e. The molecule has 1 aromatic heterocycles. The first-order valence-electron chi connectivity index (χ1n) is 9.55. The highest BCUT2D eigenvalue weighted by Crippen LogP contribution is 2.19. The second kappa shape index (κ2) is 9.26. The molecule has 0 spiro atoms. The fraction of sp³-hybridized carbons (Fsp3) is 0.261. The van der Waals surface area contributed by atoms with Gasteiger partial charge in [0.15, 0.2) is 6.61 Å². The Morgan fingerprint density at radius 1 is 1.10 bits per heavy atom. The second-order valence-corrected chi connectivity index (χ2v) is 7.10. The molecule has 3 aromatic rings. The number of para-hydroxylation sites is 1. The average Bonchev–Trinajstić information content (AvgIpc) is 3.15. The number of ether oxygens (including phenoxy) is 2. The SMILES string of the molecule is COC(=O)[C@H](Cc1c[nH]c2ccccc12)NC(=O)COC(=O)c1cc(C)ccc1C. The number of aryl methyl sites for hydroxylation is 2. The maximum absolute atomic E-state index is 12.3. The number of carbonyl (C=O) groups excluding carboxylic acids is 3. The summed E-state index contributed by atoms with van der Waals surface area (Å²) in [5, 5.41) is 3.56. The van der Waals surface area contributed by atoms with E-state index in [2.05, 4.69) is 10.3 Å². The summed E-state index contributed by atoms with van der Waals surface area (Å²) in [7, 11) is 1.26. The van der Waals surface area contributed by atoms with Crippen LogP contribution in [0.25, 0.3) is 10.9 Å². The van der Waals surface area contributed by atoms with Crippen molar-refractivity contribution in [3.8, 4) is 0 Å². The topological polar surface area (TPSA) is 97.5 Å². The van der Waals surface area contributed by atoms with Crippen LogP contribution in [0.2, 0.25) is 0 Å². The standard InChI is InChI=1S/C23H24N2O5/c1-14-8-9-15(2)18(10-14)22(27)30-13-21(26)25-20(23(28)29-3)11-16-12-24-19-7-5-4-6-17(16)19/h4-10,12,20,24H,11,13H2,1-3H3,(H,25,26)/t20-/m0/s1. The minimum Gasteiger partial charge on any atom is -0.467 e. The van der Waals surface area contributed by atoms with Crippen molar-refractivity contribution in [1.82, 2.24) is 10.3 Å². The van der Waals surface area contributed by atoms with Crippen LogP contribution >= 0.6 is 0 Å². The maximum atomic E-state index is 12.3. The molecule has 7 nitrogen and oxygen atoms in total. The third-order valence-corrected chi connectivity index (χ3v) is 4.87. The Bertz CT molecular complexity index is 1090. The molecule has 156 valence electrons. The molecule has 3 rings (SSSR count). The van der Waals surface area contributed by atoms with Crippen LogP contribution in [-0.2, 0) is 25.5 Å². The molecule has 30 heavy (non-hydrogen) atoms. The van der Waals surface area contributed by atoms with Gasteiger partial charge < -0.3 is 19.8 Å². The lowest BCUT2D eigenvalue weighted by Crippen LogP contribution is -2.44. The zero-order valence-electron chi connectivity index (χ0n) is 17.2. The van der Waals surface area contributed by atoms with E-state index in [0.717, 1.165) is 27.6 Å². The molecule has 0 fully saturated rings.